The molecule has 2 nitrogen and oxygen atoms in total. The Hall–Kier alpha value is -1.96. The lowest BCUT2D eigenvalue weighted by Crippen LogP contribution is -2.45. The summed E-state index contributed by atoms with van der Waals surface area (Å²) in [5, 5.41) is 0. The first-order valence-electron chi connectivity index (χ1n) is 8.15. The van der Waals surface area contributed by atoms with Crippen LogP contribution in [-0.2, 0) is 0 Å². The quantitative estimate of drug-likeness (QED) is 0.740. The molecule has 1 heterocycles. The largest absolute Gasteiger partial charge is 0.494 e. The predicted octanol–water partition coefficient (Wildman–Crippen LogP) is 5.51. The van der Waals surface area contributed by atoms with Crippen LogP contribution in [0.2, 0.25) is 0 Å². The molecule has 0 radical (unpaired) electrons. The van der Waals surface area contributed by atoms with Gasteiger partial charge in [-0.15, -0.1) is 0 Å². The summed E-state index contributed by atoms with van der Waals surface area (Å²) in [6.45, 7) is 9.72. The maximum absolute atomic E-state index is 5.69. The van der Waals surface area contributed by atoms with Crippen molar-refractivity contribution in [3.63, 3.8) is 0 Å². The number of hydrogen-bond donors (Lipinski definition) is 0. The monoisotopic (exact) mass is 295 g/mol. The molecule has 0 saturated heterocycles. The van der Waals surface area contributed by atoms with Crippen LogP contribution < -0.4 is 9.64 Å². The van der Waals surface area contributed by atoms with Crippen molar-refractivity contribution in [2.24, 2.45) is 0 Å². The van der Waals surface area contributed by atoms with Crippen molar-refractivity contribution in [1.82, 2.24) is 0 Å². The molecule has 2 aromatic rings. The van der Waals surface area contributed by atoms with Crippen LogP contribution in [0.5, 0.6) is 5.75 Å². The molecule has 0 aromatic heterocycles. The maximum Gasteiger partial charge on any atom is 0.119 e. The predicted molar refractivity (Wildman–Crippen MR) is 93.3 cm³/mol. The number of rotatable bonds is 3. The molecule has 1 unspecified atom stereocenters. The molecule has 0 amide bonds. The molecule has 0 saturated carbocycles. The number of benzene rings is 2. The zero-order valence-corrected chi connectivity index (χ0v) is 14.0. The SMILES string of the molecule is CCOc1ccc2c(c1)C(C)CC(C)(C)N2c1ccccc1. The first kappa shape index (κ1) is 15.0. The zero-order chi connectivity index (χ0) is 15.7. The van der Waals surface area contributed by atoms with E-state index in [9.17, 15) is 0 Å². The fraction of sp³-hybridized carbons (Fsp3) is 0.400. The van der Waals surface area contributed by atoms with E-state index in [1.54, 1.807) is 0 Å². The van der Waals surface area contributed by atoms with Crippen molar-refractivity contribution >= 4 is 11.4 Å². The fourth-order valence-corrected chi connectivity index (χ4v) is 3.73. The zero-order valence-electron chi connectivity index (χ0n) is 14.0. The number of fused-ring (bicyclic) bond motifs is 1. The van der Waals surface area contributed by atoms with Gasteiger partial charge in [0, 0.05) is 16.9 Å². The highest BCUT2D eigenvalue weighted by Gasteiger charge is 2.37. The molecular weight excluding hydrogens is 270 g/mol. The van der Waals surface area contributed by atoms with E-state index in [-0.39, 0.29) is 5.54 Å². The average molecular weight is 295 g/mol. The van der Waals surface area contributed by atoms with Crippen molar-refractivity contribution in [1.29, 1.82) is 0 Å². The Morgan fingerprint density at radius 2 is 1.86 bits per heavy atom. The van der Waals surface area contributed by atoms with E-state index in [0.717, 1.165) is 12.2 Å². The topological polar surface area (TPSA) is 12.5 Å². The molecule has 0 spiro atoms. The number of ether oxygens (including phenoxy) is 1. The Morgan fingerprint density at radius 1 is 1.14 bits per heavy atom. The summed E-state index contributed by atoms with van der Waals surface area (Å²) in [7, 11) is 0. The second-order valence-electron chi connectivity index (χ2n) is 6.74. The van der Waals surface area contributed by atoms with E-state index in [2.05, 4.69) is 74.2 Å². The smallest absolute Gasteiger partial charge is 0.119 e. The third-order valence-corrected chi connectivity index (χ3v) is 4.51. The Balaban J connectivity index is 2.12. The summed E-state index contributed by atoms with van der Waals surface area (Å²) in [5.74, 6) is 1.51. The molecule has 116 valence electrons. The van der Waals surface area contributed by atoms with E-state index in [1.807, 2.05) is 6.92 Å². The number of anilines is 2. The molecule has 22 heavy (non-hydrogen) atoms. The Bertz CT molecular complexity index is 648. The molecule has 0 bridgehead atoms. The Labute approximate surface area is 133 Å². The van der Waals surface area contributed by atoms with Crippen molar-refractivity contribution in [3.05, 3.63) is 54.1 Å². The molecule has 1 aliphatic rings. The van der Waals surface area contributed by atoms with Gasteiger partial charge < -0.3 is 9.64 Å². The summed E-state index contributed by atoms with van der Waals surface area (Å²) in [6, 6.07) is 17.2. The van der Waals surface area contributed by atoms with Gasteiger partial charge in [0.05, 0.1) is 6.61 Å². The van der Waals surface area contributed by atoms with Gasteiger partial charge in [0.1, 0.15) is 5.75 Å². The molecule has 3 rings (SSSR count). The molecule has 2 heteroatoms. The minimum absolute atomic E-state index is 0.0981. The van der Waals surface area contributed by atoms with Crippen molar-refractivity contribution < 1.29 is 4.74 Å². The van der Waals surface area contributed by atoms with Crippen LogP contribution in [0.15, 0.2) is 48.5 Å². The van der Waals surface area contributed by atoms with Crippen molar-refractivity contribution in [2.75, 3.05) is 11.5 Å². The second kappa shape index (κ2) is 5.68. The Kier molecular flexibility index (Phi) is 3.86. The van der Waals surface area contributed by atoms with Crippen LogP contribution in [0, 0.1) is 0 Å². The minimum Gasteiger partial charge on any atom is -0.494 e. The van der Waals surface area contributed by atoms with Crippen LogP contribution in [0.3, 0.4) is 0 Å². The van der Waals surface area contributed by atoms with Crippen molar-refractivity contribution in [2.45, 2.75) is 45.6 Å². The number of nitrogens with zero attached hydrogens (tertiary/aromatic N) is 1. The van der Waals surface area contributed by atoms with Crippen LogP contribution >= 0.6 is 0 Å². The third-order valence-electron chi connectivity index (χ3n) is 4.51. The highest BCUT2D eigenvalue weighted by Crippen LogP contribution is 2.48. The lowest BCUT2D eigenvalue weighted by molar-refractivity contribution is 0.338. The minimum atomic E-state index is 0.0981. The van der Waals surface area contributed by atoms with Gasteiger partial charge in [-0.1, -0.05) is 25.1 Å². The molecular formula is C20H25NO. The summed E-state index contributed by atoms with van der Waals surface area (Å²) in [6.07, 6.45) is 1.13. The van der Waals surface area contributed by atoms with Crippen molar-refractivity contribution in [3.8, 4) is 5.75 Å². The van der Waals surface area contributed by atoms with E-state index >= 15 is 0 Å². The van der Waals surface area contributed by atoms with E-state index in [4.69, 9.17) is 4.74 Å². The van der Waals surface area contributed by atoms with Gasteiger partial charge in [-0.05, 0) is 69.0 Å². The van der Waals surface area contributed by atoms with Gasteiger partial charge in [-0.25, -0.2) is 0 Å². The summed E-state index contributed by atoms with van der Waals surface area (Å²) < 4.78 is 5.69. The summed E-state index contributed by atoms with van der Waals surface area (Å²) >= 11 is 0. The van der Waals surface area contributed by atoms with Gasteiger partial charge in [0.15, 0.2) is 0 Å². The van der Waals surface area contributed by atoms with Gasteiger partial charge in [-0.3, -0.25) is 0 Å². The maximum atomic E-state index is 5.69. The summed E-state index contributed by atoms with van der Waals surface area (Å²) in [5.41, 5.74) is 4.04. The van der Waals surface area contributed by atoms with E-state index < -0.39 is 0 Å². The average Bonchev–Trinajstić information content (AvgIpc) is 2.48. The molecule has 1 aliphatic heterocycles. The lowest BCUT2D eigenvalue weighted by atomic mass is 9.79. The normalized spacial score (nSPS) is 19.6. The highest BCUT2D eigenvalue weighted by molar-refractivity contribution is 5.71. The van der Waals surface area contributed by atoms with Gasteiger partial charge in [0.2, 0.25) is 0 Å². The molecule has 2 aromatic carbocycles. The van der Waals surface area contributed by atoms with Crippen LogP contribution in [0.25, 0.3) is 0 Å². The van der Waals surface area contributed by atoms with Gasteiger partial charge in [0.25, 0.3) is 0 Å². The van der Waals surface area contributed by atoms with Crippen LogP contribution in [0.4, 0.5) is 11.4 Å². The Morgan fingerprint density at radius 3 is 2.55 bits per heavy atom. The van der Waals surface area contributed by atoms with Gasteiger partial charge in [-0.2, -0.15) is 0 Å². The van der Waals surface area contributed by atoms with E-state index in [0.29, 0.717) is 12.5 Å². The highest BCUT2D eigenvalue weighted by atomic mass is 16.5. The number of para-hydroxylation sites is 1. The lowest BCUT2D eigenvalue weighted by Gasteiger charge is -2.47. The standard InChI is InChI=1S/C20H25NO/c1-5-22-17-11-12-19-18(13-17)15(2)14-20(3,4)21(19)16-9-7-6-8-10-16/h6-13,15H,5,14H2,1-4H3. The molecule has 0 N–H and O–H groups in total. The van der Waals surface area contributed by atoms with Crippen LogP contribution in [-0.4, -0.2) is 12.1 Å². The van der Waals surface area contributed by atoms with Gasteiger partial charge >= 0.3 is 0 Å². The first-order chi connectivity index (χ1) is 10.5. The third kappa shape index (κ3) is 2.58. The van der Waals surface area contributed by atoms with Crippen LogP contribution in [0.1, 0.15) is 45.6 Å². The molecule has 1 atom stereocenters. The molecule has 0 fully saturated rings. The second-order valence-corrected chi connectivity index (χ2v) is 6.74. The summed E-state index contributed by atoms with van der Waals surface area (Å²) in [4.78, 5) is 2.47. The first-order valence-corrected chi connectivity index (χ1v) is 8.15. The van der Waals surface area contributed by atoms with E-state index in [1.165, 1.54) is 16.9 Å². The fourth-order valence-electron chi connectivity index (χ4n) is 3.73. The molecule has 0 aliphatic carbocycles. The number of hydrogen-bond acceptors (Lipinski definition) is 2.